The highest BCUT2D eigenvalue weighted by molar-refractivity contribution is 7.99. The maximum atomic E-state index is 5.95. The van der Waals surface area contributed by atoms with E-state index >= 15 is 0 Å². The molecule has 0 bridgehead atoms. The zero-order valence-corrected chi connectivity index (χ0v) is 12.4. The summed E-state index contributed by atoms with van der Waals surface area (Å²) in [4.78, 5) is 4.47. The van der Waals surface area contributed by atoms with Gasteiger partial charge in [-0.2, -0.15) is 16.7 Å². The average Bonchev–Trinajstić information content (AvgIpc) is 2.80. The predicted octanol–water partition coefficient (Wildman–Crippen LogP) is 3.47. The van der Waals surface area contributed by atoms with Gasteiger partial charge in [0.15, 0.2) is 5.65 Å². The van der Waals surface area contributed by atoms with Crippen LogP contribution in [0.5, 0.6) is 0 Å². The van der Waals surface area contributed by atoms with Gasteiger partial charge in [-0.1, -0.05) is 18.0 Å². The fourth-order valence-electron chi connectivity index (χ4n) is 2.59. The first kappa shape index (κ1) is 13.1. The van der Waals surface area contributed by atoms with Crippen LogP contribution in [0.4, 0.5) is 5.95 Å². The number of hydrogen-bond donors (Lipinski definition) is 1. The van der Waals surface area contributed by atoms with Crippen molar-refractivity contribution in [2.75, 3.05) is 11.6 Å². The largest absolute Gasteiger partial charge is 0.350 e. The molecule has 1 aliphatic rings. The third kappa shape index (κ3) is 2.98. The van der Waals surface area contributed by atoms with Crippen LogP contribution in [0.2, 0.25) is 5.02 Å². The molecule has 102 valence electrons. The molecule has 1 N–H and O–H groups in total. The molecule has 19 heavy (non-hydrogen) atoms. The fourth-order valence-corrected chi connectivity index (χ4v) is 3.57. The van der Waals surface area contributed by atoms with Crippen molar-refractivity contribution in [2.45, 2.75) is 37.0 Å². The zero-order chi connectivity index (χ0) is 13.2. The molecule has 0 aliphatic heterocycles. The quantitative estimate of drug-likeness (QED) is 0.942. The van der Waals surface area contributed by atoms with E-state index in [0.29, 0.717) is 17.0 Å². The summed E-state index contributed by atoms with van der Waals surface area (Å²) in [6.07, 6.45) is 8.97. The van der Waals surface area contributed by atoms with Crippen molar-refractivity contribution in [3.05, 3.63) is 23.4 Å². The third-order valence-electron chi connectivity index (χ3n) is 3.59. The minimum Gasteiger partial charge on any atom is -0.350 e. The molecule has 2 aromatic heterocycles. The summed E-state index contributed by atoms with van der Waals surface area (Å²) in [5.41, 5.74) is 0.823. The van der Waals surface area contributed by atoms with Crippen LogP contribution < -0.4 is 5.32 Å². The number of hydrogen-bond acceptors (Lipinski definition) is 4. The second-order valence-corrected chi connectivity index (χ2v) is 6.53. The van der Waals surface area contributed by atoms with Gasteiger partial charge in [-0.3, -0.25) is 0 Å². The molecule has 2 atom stereocenters. The number of fused-ring (bicyclic) bond motifs is 1. The van der Waals surface area contributed by atoms with E-state index in [-0.39, 0.29) is 0 Å². The summed E-state index contributed by atoms with van der Waals surface area (Å²) in [5, 5.41) is 9.31. The number of aromatic nitrogens is 3. The van der Waals surface area contributed by atoms with E-state index < -0.39 is 0 Å². The van der Waals surface area contributed by atoms with Crippen molar-refractivity contribution in [3.8, 4) is 0 Å². The van der Waals surface area contributed by atoms with E-state index in [4.69, 9.17) is 11.6 Å². The van der Waals surface area contributed by atoms with Gasteiger partial charge in [0.25, 0.3) is 0 Å². The van der Waals surface area contributed by atoms with Crippen molar-refractivity contribution in [2.24, 2.45) is 0 Å². The fraction of sp³-hybridized carbons (Fsp3) is 0.538. The molecule has 2 aromatic rings. The lowest BCUT2D eigenvalue weighted by Gasteiger charge is -2.28. The highest BCUT2D eigenvalue weighted by Gasteiger charge is 2.22. The highest BCUT2D eigenvalue weighted by atomic mass is 35.5. The Bertz CT molecular complexity index is 571. The SMILES string of the molecule is CSC1CCCC(Nc2nc3ccc(Cl)cn3n2)C1. The number of rotatable bonds is 3. The number of pyridine rings is 1. The van der Waals surface area contributed by atoms with Crippen LogP contribution in [-0.2, 0) is 0 Å². The molecule has 0 saturated heterocycles. The molecule has 0 spiro atoms. The maximum absolute atomic E-state index is 5.95. The van der Waals surface area contributed by atoms with Crippen LogP contribution in [0.1, 0.15) is 25.7 Å². The van der Waals surface area contributed by atoms with E-state index in [1.54, 1.807) is 10.7 Å². The lowest BCUT2D eigenvalue weighted by molar-refractivity contribution is 0.471. The number of halogens is 1. The van der Waals surface area contributed by atoms with Crippen LogP contribution in [-0.4, -0.2) is 32.1 Å². The van der Waals surface area contributed by atoms with Crippen LogP contribution in [0.25, 0.3) is 5.65 Å². The first-order chi connectivity index (χ1) is 9.24. The van der Waals surface area contributed by atoms with E-state index in [2.05, 4.69) is 21.7 Å². The monoisotopic (exact) mass is 296 g/mol. The standard InChI is InChI=1S/C13H17ClN4S/c1-19-11-4-2-3-10(7-11)15-13-16-12-6-5-9(14)8-18(12)17-13/h5-6,8,10-11H,2-4,7H2,1H3,(H,15,17). The Hall–Kier alpha value is -0.940. The second kappa shape index (κ2) is 5.59. The normalized spacial score (nSPS) is 23.7. The summed E-state index contributed by atoms with van der Waals surface area (Å²) in [6.45, 7) is 0. The minimum atomic E-state index is 0.485. The number of anilines is 1. The Labute approximate surface area is 121 Å². The third-order valence-corrected chi connectivity index (χ3v) is 4.91. The van der Waals surface area contributed by atoms with Gasteiger partial charge in [0.2, 0.25) is 5.95 Å². The summed E-state index contributed by atoms with van der Waals surface area (Å²) >= 11 is 7.91. The molecular weight excluding hydrogens is 280 g/mol. The van der Waals surface area contributed by atoms with E-state index in [0.717, 1.165) is 10.9 Å². The first-order valence-electron chi connectivity index (χ1n) is 6.56. The van der Waals surface area contributed by atoms with Gasteiger partial charge in [0.05, 0.1) is 5.02 Å². The summed E-state index contributed by atoms with van der Waals surface area (Å²) < 4.78 is 1.72. The number of thioether (sulfide) groups is 1. The van der Waals surface area contributed by atoms with Gasteiger partial charge in [-0.05, 0) is 37.7 Å². The lowest BCUT2D eigenvalue weighted by Crippen LogP contribution is -2.28. The second-order valence-electron chi connectivity index (χ2n) is 4.95. The molecule has 1 saturated carbocycles. The summed E-state index contributed by atoms with van der Waals surface area (Å²) in [5.74, 6) is 0.703. The number of nitrogens with zero attached hydrogens (tertiary/aromatic N) is 3. The average molecular weight is 297 g/mol. The van der Waals surface area contributed by atoms with Crippen molar-refractivity contribution in [3.63, 3.8) is 0 Å². The number of nitrogens with one attached hydrogen (secondary N) is 1. The molecule has 0 aromatic carbocycles. The van der Waals surface area contributed by atoms with Gasteiger partial charge >= 0.3 is 0 Å². The van der Waals surface area contributed by atoms with Crippen molar-refractivity contribution < 1.29 is 0 Å². The highest BCUT2D eigenvalue weighted by Crippen LogP contribution is 2.28. The molecule has 4 nitrogen and oxygen atoms in total. The van der Waals surface area contributed by atoms with Crippen molar-refractivity contribution in [1.29, 1.82) is 0 Å². The molecular formula is C13H17ClN4S. The van der Waals surface area contributed by atoms with Crippen molar-refractivity contribution in [1.82, 2.24) is 14.6 Å². The Balaban J connectivity index is 1.74. The van der Waals surface area contributed by atoms with Crippen LogP contribution in [0, 0.1) is 0 Å². The minimum absolute atomic E-state index is 0.485. The van der Waals surface area contributed by atoms with E-state index in [9.17, 15) is 0 Å². The van der Waals surface area contributed by atoms with Gasteiger partial charge in [-0.25, -0.2) is 4.52 Å². The molecule has 2 heterocycles. The zero-order valence-electron chi connectivity index (χ0n) is 10.8. The maximum Gasteiger partial charge on any atom is 0.243 e. The summed E-state index contributed by atoms with van der Waals surface area (Å²) in [7, 11) is 0. The van der Waals surface area contributed by atoms with E-state index in [1.807, 2.05) is 23.9 Å². The Morgan fingerprint density at radius 3 is 3.16 bits per heavy atom. The Morgan fingerprint density at radius 1 is 1.42 bits per heavy atom. The first-order valence-corrected chi connectivity index (χ1v) is 8.22. The molecule has 1 fully saturated rings. The van der Waals surface area contributed by atoms with Gasteiger partial charge in [-0.15, -0.1) is 5.10 Å². The molecule has 6 heteroatoms. The van der Waals surface area contributed by atoms with Crippen LogP contribution in [0.3, 0.4) is 0 Å². The van der Waals surface area contributed by atoms with Gasteiger partial charge < -0.3 is 5.32 Å². The molecule has 0 amide bonds. The smallest absolute Gasteiger partial charge is 0.243 e. The van der Waals surface area contributed by atoms with E-state index in [1.165, 1.54) is 25.7 Å². The molecule has 1 aliphatic carbocycles. The van der Waals surface area contributed by atoms with Gasteiger partial charge in [0, 0.05) is 17.5 Å². The Morgan fingerprint density at radius 2 is 2.32 bits per heavy atom. The Kier molecular flexibility index (Phi) is 3.84. The predicted molar refractivity (Wildman–Crippen MR) is 81.2 cm³/mol. The summed E-state index contributed by atoms with van der Waals surface area (Å²) in [6, 6.07) is 4.20. The lowest BCUT2D eigenvalue weighted by atomic mass is 9.95. The van der Waals surface area contributed by atoms with Crippen LogP contribution >= 0.6 is 23.4 Å². The molecule has 3 rings (SSSR count). The van der Waals surface area contributed by atoms with Crippen LogP contribution in [0.15, 0.2) is 18.3 Å². The van der Waals surface area contributed by atoms with Gasteiger partial charge in [0.1, 0.15) is 0 Å². The topological polar surface area (TPSA) is 42.2 Å². The van der Waals surface area contributed by atoms with Crippen molar-refractivity contribution >= 4 is 35.0 Å². The molecule has 0 radical (unpaired) electrons. The molecule has 2 unspecified atom stereocenters.